The third kappa shape index (κ3) is 4.12. The summed E-state index contributed by atoms with van der Waals surface area (Å²) in [5.41, 5.74) is 1.89. The minimum absolute atomic E-state index is 0.478. The van der Waals surface area contributed by atoms with E-state index in [1.165, 1.54) is 0 Å². The average molecular weight is 339 g/mol. The number of benzene rings is 2. The van der Waals surface area contributed by atoms with Gasteiger partial charge in [-0.05, 0) is 17.7 Å². The highest BCUT2D eigenvalue weighted by atomic mass is 16.5. The van der Waals surface area contributed by atoms with Gasteiger partial charge < -0.3 is 19.5 Å². The van der Waals surface area contributed by atoms with Crippen molar-refractivity contribution in [3.05, 3.63) is 60.2 Å². The second-order valence-electron chi connectivity index (χ2n) is 6.24. The van der Waals surface area contributed by atoms with Gasteiger partial charge >= 0.3 is 0 Å². The summed E-state index contributed by atoms with van der Waals surface area (Å²) in [4.78, 5) is 16.1. The molecule has 132 valence electrons. The number of rotatable bonds is 6. The lowest BCUT2D eigenvalue weighted by atomic mass is 9.98. The van der Waals surface area contributed by atoms with Crippen LogP contribution in [0.15, 0.2) is 54.6 Å². The molecule has 0 aromatic heterocycles. The van der Waals surface area contributed by atoms with Crippen LogP contribution in [0.5, 0.6) is 5.75 Å². The first-order chi connectivity index (χ1) is 12.2. The number of nitrogens with zero attached hydrogens (tertiary/aromatic N) is 2. The van der Waals surface area contributed by atoms with Crippen molar-refractivity contribution < 1.29 is 14.6 Å². The number of hydrogen-bond acceptors (Lipinski definition) is 5. The number of carboxylic acid groups (broad SMARTS) is 1. The maximum atomic E-state index is 11.6. The van der Waals surface area contributed by atoms with Gasteiger partial charge in [0.25, 0.3) is 0 Å². The Bertz CT molecular complexity index is 697. The van der Waals surface area contributed by atoms with Gasteiger partial charge in [-0.2, -0.15) is 0 Å². The molecule has 2 aromatic rings. The standard InChI is InChI=1S/C20H24N2O3/c1-25-19-10-6-5-9-18(19)22-13-11-21(12-14-22)15-17(20(23)24)16-7-3-2-4-8-16/h2-10,17H,11-15H2,1H3,(H,23,24)/p-1. The molecule has 5 heteroatoms. The molecule has 0 radical (unpaired) electrons. The van der Waals surface area contributed by atoms with E-state index in [2.05, 4.69) is 15.9 Å². The van der Waals surface area contributed by atoms with Gasteiger partial charge in [-0.25, -0.2) is 0 Å². The van der Waals surface area contributed by atoms with E-state index in [4.69, 9.17) is 4.74 Å². The Labute approximate surface area is 148 Å². The molecular formula is C20H23N2O3-. The van der Waals surface area contributed by atoms with Crippen LogP contribution >= 0.6 is 0 Å². The monoisotopic (exact) mass is 339 g/mol. The molecule has 0 bridgehead atoms. The first-order valence-electron chi connectivity index (χ1n) is 8.55. The summed E-state index contributed by atoms with van der Waals surface area (Å²) in [6.45, 7) is 3.79. The Balaban J connectivity index is 1.63. The Morgan fingerprint density at radius 1 is 1.04 bits per heavy atom. The summed E-state index contributed by atoms with van der Waals surface area (Å²) in [6.07, 6.45) is 0. The highest BCUT2D eigenvalue weighted by molar-refractivity contribution is 5.74. The fourth-order valence-electron chi connectivity index (χ4n) is 3.32. The Morgan fingerprint density at radius 3 is 2.32 bits per heavy atom. The number of para-hydroxylation sites is 2. The molecule has 1 fully saturated rings. The van der Waals surface area contributed by atoms with Crippen molar-refractivity contribution in [2.75, 3.05) is 44.7 Å². The Morgan fingerprint density at radius 2 is 1.68 bits per heavy atom. The molecule has 0 spiro atoms. The molecule has 1 aliphatic rings. The average Bonchev–Trinajstić information content (AvgIpc) is 2.67. The SMILES string of the molecule is COc1ccccc1N1CCN(CC(C(=O)[O-])c2ccccc2)CC1. The van der Waals surface area contributed by atoms with Gasteiger partial charge in [0.05, 0.1) is 18.8 Å². The predicted octanol–water partition coefficient (Wildman–Crippen LogP) is 1.35. The van der Waals surface area contributed by atoms with Crippen molar-refractivity contribution in [2.45, 2.75) is 5.92 Å². The van der Waals surface area contributed by atoms with Crippen LogP contribution in [0.4, 0.5) is 5.69 Å². The highest BCUT2D eigenvalue weighted by Gasteiger charge is 2.23. The minimum atomic E-state index is -1.02. The van der Waals surface area contributed by atoms with Gasteiger partial charge in [-0.1, -0.05) is 42.5 Å². The van der Waals surface area contributed by atoms with E-state index in [9.17, 15) is 9.90 Å². The van der Waals surface area contributed by atoms with E-state index in [0.717, 1.165) is 43.2 Å². The summed E-state index contributed by atoms with van der Waals surface area (Å²) < 4.78 is 5.44. The molecular weight excluding hydrogens is 316 g/mol. The third-order valence-corrected chi connectivity index (χ3v) is 4.73. The first-order valence-corrected chi connectivity index (χ1v) is 8.55. The molecule has 2 aromatic carbocycles. The van der Waals surface area contributed by atoms with Crippen molar-refractivity contribution in [1.82, 2.24) is 4.90 Å². The molecule has 3 rings (SSSR count). The number of carboxylic acids is 1. The number of carbonyl (C=O) groups is 1. The maximum Gasteiger partial charge on any atom is 0.142 e. The van der Waals surface area contributed by atoms with Gasteiger partial charge in [0.1, 0.15) is 5.75 Å². The fourth-order valence-corrected chi connectivity index (χ4v) is 3.32. The molecule has 1 unspecified atom stereocenters. The van der Waals surface area contributed by atoms with Gasteiger partial charge in [-0.3, -0.25) is 4.90 Å². The lowest BCUT2D eigenvalue weighted by molar-refractivity contribution is -0.308. The maximum absolute atomic E-state index is 11.6. The summed E-state index contributed by atoms with van der Waals surface area (Å²) >= 11 is 0. The lowest BCUT2D eigenvalue weighted by Crippen LogP contribution is -2.49. The van der Waals surface area contributed by atoms with E-state index < -0.39 is 11.9 Å². The summed E-state index contributed by atoms with van der Waals surface area (Å²) in [5, 5.41) is 11.6. The molecule has 1 atom stereocenters. The van der Waals surface area contributed by atoms with E-state index in [1.54, 1.807) is 7.11 Å². The molecule has 1 saturated heterocycles. The second kappa shape index (κ2) is 8.03. The number of anilines is 1. The van der Waals surface area contributed by atoms with Gasteiger partial charge in [0.2, 0.25) is 0 Å². The lowest BCUT2D eigenvalue weighted by Gasteiger charge is -2.38. The van der Waals surface area contributed by atoms with Gasteiger partial charge in [0.15, 0.2) is 0 Å². The highest BCUT2D eigenvalue weighted by Crippen LogP contribution is 2.28. The summed E-state index contributed by atoms with van der Waals surface area (Å²) in [6, 6.07) is 17.3. The largest absolute Gasteiger partial charge is 0.549 e. The molecule has 0 amide bonds. The minimum Gasteiger partial charge on any atom is -0.549 e. The third-order valence-electron chi connectivity index (χ3n) is 4.73. The summed E-state index contributed by atoms with van der Waals surface area (Å²) in [7, 11) is 1.68. The van der Waals surface area contributed by atoms with Crippen LogP contribution in [0.1, 0.15) is 11.5 Å². The van der Waals surface area contributed by atoms with Crippen molar-refractivity contribution in [1.29, 1.82) is 0 Å². The molecule has 25 heavy (non-hydrogen) atoms. The molecule has 5 nitrogen and oxygen atoms in total. The van der Waals surface area contributed by atoms with Crippen molar-refractivity contribution >= 4 is 11.7 Å². The van der Waals surface area contributed by atoms with Crippen LogP contribution in [0.2, 0.25) is 0 Å². The normalized spacial score (nSPS) is 16.4. The van der Waals surface area contributed by atoms with Crippen LogP contribution in [0.25, 0.3) is 0 Å². The molecule has 0 saturated carbocycles. The smallest absolute Gasteiger partial charge is 0.142 e. The number of ether oxygens (including phenoxy) is 1. The topological polar surface area (TPSA) is 55.8 Å². The first kappa shape index (κ1) is 17.3. The van der Waals surface area contributed by atoms with E-state index >= 15 is 0 Å². The van der Waals surface area contributed by atoms with Gasteiger partial charge in [-0.15, -0.1) is 0 Å². The van der Waals surface area contributed by atoms with Crippen LogP contribution in [-0.2, 0) is 4.79 Å². The molecule has 0 N–H and O–H groups in total. The summed E-state index contributed by atoms with van der Waals surface area (Å²) in [5.74, 6) is -0.745. The number of aliphatic carboxylic acids is 1. The molecule has 1 aliphatic heterocycles. The quantitative estimate of drug-likeness (QED) is 0.795. The van der Waals surface area contributed by atoms with Crippen LogP contribution < -0.4 is 14.7 Å². The molecule has 0 aliphatic carbocycles. The van der Waals surface area contributed by atoms with Crippen LogP contribution in [0.3, 0.4) is 0 Å². The van der Waals surface area contributed by atoms with Crippen LogP contribution in [-0.4, -0.2) is 50.7 Å². The Kier molecular flexibility index (Phi) is 5.56. The zero-order valence-electron chi connectivity index (χ0n) is 14.4. The zero-order chi connectivity index (χ0) is 17.6. The van der Waals surface area contributed by atoms with E-state index in [-0.39, 0.29) is 0 Å². The number of hydrogen-bond donors (Lipinski definition) is 0. The predicted molar refractivity (Wildman–Crippen MR) is 95.8 cm³/mol. The number of methoxy groups -OCH3 is 1. The number of carbonyl (C=O) groups excluding carboxylic acids is 1. The second-order valence-corrected chi connectivity index (χ2v) is 6.24. The van der Waals surface area contributed by atoms with E-state index in [1.807, 2.05) is 48.5 Å². The van der Waals surface area contributed by atoms with Crippen molar-refractivity contribution in [3.8, 4) is 5.75 Å². The fraction of sp³-hybridized carbons (Fsp3) is 0.350. The van der Waals surface area contributed by atoms with Gasteiger partial charge in [0, 0.05) is 38.6 Å². The zero-order valence-corrected chi connectivity index (χ0v) is 14.4. The van der Waals surface area contributed by atoms with Crippen LogP contribution in [0, 0.1) is 0 Å². The van der Waals surface area contributed by atoms with Crippen molar-refractivity contribution in [3.63, 3.8) is 0 Å². The molecule has 1 heterocycles. The number of piperazine rings is 1. The van der Waals surface area contributed by atoms with Crippen molar-refractivity contribution in [2.24, 2.45) is 0 Å². The van der Waals surface area contributed by atoms with E-state index in [0.29, 0.717) is 6.54 Å². The Hall–Kier alpha value is -2.53.